The van der Waals surface area contributed by atoms with Crippen LogP contribution in [0.15, 0.2) is 12.2 Å². The maximum absolute atomic E-state index is 10.3. The van der Waals surface area contributed by atoms with Gasteiger partial charge in [-0.3, -0.25) is 0 Å². The summed E-state index contributed by atoms with van der Waals surface area (Å²) in [4.78, 5) is 0. The van der Waals surface area contributed by atoms with Crippen molar-refractivity contribution in [1.29, 1.82) is 0 Å². The molecule has 0 radical (unpaired) electrons. The van der Waals surface area contributed by atoms with Crippen molar-refractivity contribution in [3.63, 3.8) is 0 Å². The van der Waals surface area contributed by atoms with Gasteiger partial charge in [0, 0.05) is 5.92 Å². The van der Waals surface area contributed by atoms with Crippen molar-refractivity contribution >= 4 is 0 Å². The molecule has 0 aromatic heterocycles. The van der Waals surface area contributed by atoms with Gasteiger partial charge in [-0.2, -0.15) is 0 Å². The van der Waals surface area contributed by atoms with Crippen LogP contribution in [-0.2, 0) is 0 Å². The lowest BCUT2D eigenvalue weighted by Gasteiger charge is -2.27. The summed E-state index contributed by atoms with van der Waals surface area (Å²) in [6.07, 6.45) is 20.2. The van der Waals surface area contributed by atoms with Gasteiger partial charge in [0.25, 0.3) is 0 Å². The van der Waals surface area contributed by atoms with Gasteiger partial charge in [-0.05, 0) is 33.1 Å². The van der Waals surface area contributed by atoms with E-state index in [1.165, 1.54) is 70.6 Å². The molecule has 0 rings (SSSR count). The van der Waals surface area contributed by atoms with Gasteiger partial charge in [0.05, 0.1) is 5.60 Å². The molecule has 0 amide bonds. The minimum atomic E-state index is -0.580. The van der Waals surface area contributed by atoms with Crippen LogP contribution in [0.4, 0.5) is 0 Å². The first-order valence-electron chi connectivity index (χ1n) is 9.41. The van der Waals surface area contributed by atoms with Crippen LogP contribution < -0.4 is 0 Å². The summed E-state index contributed by atoms with van der Waals surface area (Å²) in [5.41, 5.74) is -0.580. The smallest absolute Gasteiger partial charge is 0.0654 e. The number of rotatable bonds is 14. The van der Waals surface area contributed by atoms with Crippen molar-refractivity contribution in [1.82, 2.24) is 0 Å². The predicted octanol–water partition coefficient (Wildman–Crippen LogP) is 6.65. The van der Waals surface area contributed by atoms with E-state index in [9.17, 15) is 5.11 Å². The van der Waals surface area contributed by atoms with E-state index in [1.54, 1.807) is 0 Å². The fraction of sp³-hybridized carbons (Fsp3) is 0.900. The molecule has 0 saturated carbocycles. The molecular weight excluding hydrogens is 256 g/mol. The summed E-state index contributed by atoms with van der Waals surface area (Å²) in [5, 5.41) is 10.3. The molecule has 0 unspecified atom stereocenters. The Bertz CT molecular complexity index is 237. The van der Waals surface area contributed by atoms with Crippen molar-refractivity contribution in [3.05, 3.63) is 12.2 Å². The maximum atomic E-state index is 10.3. The summed E-state index contributed by atoms with van der Waals surface area (Å²) < 4.78 is 0. The number of aliphatic hydroxyl groups is 1. The third-order valence-electron chi connectivity index (χ3n) is 4.37. The lowest BCUT2D eigenvalue weighted by Crippen LogP contribution is -2.29. The molecule has 0 aliphatic heterocycles. The molecule has 1 nitrogen and oxygen atoms in total. The molecule has 0 aliphatic carbocycles. The van der Waals surface area contributed by atoms with Crippen LogP contribution in [0.2, 0.25) is 0 Å². The minimum absolute atomic E-state index is 0.314. The summed E-state index contributed by atoms with van der Waals surface area (Å²) >= 11 is 0. The van der Waals surface area contributed by atoms with Gasteiger partial charge in [0.1, 0.15) is 0 Å². The first-order valence-corrected chi connectivity index (χ1v) is 9.41. The Kier molecular flexibility index (Phi) is 13.2. The zero-order valence-corrected chi connectivity index (χ0v) is 15.2. The van der Waals surface area contributed by atoms with Crippen LogP contribution in [-0.4, -0.2) is 10.7 Å². The molecule has 21 heavy (non-hydrogen) atoms. The molecule has 0 aliphatic rings. The van der Waals surface area contributed by atoms with Gasteiger partial charge in [0.15, 0.2) is 0 Å². The highest BCUT2D eigenvalue weighted by Gasteiger charge is 2.23. The monoisotopic (exact) mass is 296 g/mol. The summed E-state index contributed by atoms with van der Waals surface area (Å²) in [5.74, 6) is 0.314. The molecule has 126 valence electrons. The largest absolute Gasteiger partial charge is 0.390 e. The summed E-state index contributed by atoms with van der Waals surface area (Å²) in [6, 6.07) is 0. The predicted molar refractivity (Wildman–Crippen MR) is 95.7 cm³/mol. The number of hydrogen-bond acceptors (Lipinski definition) is 1. The molecule has 0 bridgehead atoms. The van der Waals surface area contributed by atoms with Crippen molar-refractivity contribution in [2.75, 3.05) is 0 Å². The molecule has 0 heterocycles. The molecule has 1 heteroatoms. The first-order chi connectivity index (χ1) is 10.0. The number of allylic oxidation sites excluding steroid dienone is 1. The Labute approximate surface area is 134 Å². The Morgan fingerprint density at radius 1 is 0.810 bits per heavy atom. The Balaban J connectivity index is 3.86. The molecule has 0 aromatic rings. The van der Waals surface area contributed by atoms with Crippen LogP contribution >= 0.6 is 0 Å². The van der Waals surface area contributed by atoms with Gasteiger partial charge < -0.3 is 5.11 Å². The van der Waals surface area contributed by atoms with E-state index < -0.39 is 5.60 Å². The normalized spacial score (nSPS) is 14.0. The second-order valence-electron chi connectivity index (χ2n) is 7.09. The van der Waals surface area contributed by atoms with Gasteiger partial charge >= 0.3 is 0 Å². The van der Waals surface area contributed by atoms with Crippen molar-refractivity contribution in [3.8, 4) is 0 Å². The SMILES string of the molecule is CCCCCCCC/C=C/[C@@H](CCCCCC)C(C)(C)O. The van der Waals surface area contributed by atoms with Gasteiger partial charge in [-0.25, -0.2) is 0 Å². The zero-order chi connectivity index (χ0) is 16.0. The maximum Gasteiger partial charge on any atom is 0.0654 e. The van der Waals surface area contributed by atoms with Gasteiger partial charge in [0.2, 0.25) is 0 Å². The van der Waals surface area contributed by atoms with E-state index in [2.05, 4.69) is 26.0 Å². The van der Waals surface area contributed by atoms with Crippen molar-refractivity contribution in [2.24, 2.45) is 5.92 Å². The first kappa shape index (κ1) is 20.7. The van der Waals surface area contributed by atoms with E-state index in [4.69, 9.17) is 0 Å². The zero-order valence-electron chi connectivity index (χ0n) is 15.2. The third-order valence-corrected chi connectivity index (χ3v) is 4.37. The van der Waals surface area contributed by atoms with Crippen LogP contribution in [0.25, 0.3) is 0 Å². The second-order valence-corrected chi connectivity index (χ2v) is 7.09. The topological polar surface area (TPSA) is 20.2 Å². The summed E-state index contributed by atoms with van der Waals surface area (Å²) in [7, 11) is 0. The minimum Gasteiger partial charge on any atom is -0.390 e. The average molecular weight is 297 g/mol. The molecule has 0 fully saturated rings. The Hall–Kier alpha value is -0.300. The standard InChI is InChI=1S/C20H40O/c1-5-7-9-11-12-13-14-16-18-19(20(3,4)21)17-15-10-8-6-2/h16,18-19,21H,5-15,17H2,1-4H3/b18-16+/t19-/m1/s1. The molecule has 0 spiro atoms. The fourth-order valence-corrected chi connectivity index (χ4v) is 2.78. The van der Waals surface area contributed by atoms with E-state index in [-0.39, 0.29) is 0 Å². The van der Waals surface area contributed by atoms with Crippen LogP contribution in [0, 0.1) is 5.92 Å². The van der Waals surface area contributed by atoms with Crippen LogP contribution in [0.5, 0.6) is 0 Å². The second kappa shape index (κ2) is 13.4. The van der Waals surface area contributed by atoms with Crippen molar-refractivity contribution < 1.29 is 5.11 Å². The molecule has 1 atom stereocenters. The highest BCUT2D eigenvalue weighted by atomic mass is 16.3. The van der Waals surface area contributed by atoms with E-state index in [0.717, 1.165) is 6.42 Å². The van der Waals surface area contributed by atoms with E-state index in [1.807, 2.05) is 13.8 Å². The highest BCUT2D eigenvalue weighted by molar-refractivity contribution is 4.95. The van der Waals surface area contributed by atoms with Crippen LogP contribution in [0.1, 0.15) is 105 Å². The molecule has 0 aromatic carbocycles. The number of hydrogen-bond donors (Lipinski definition) is 1. The number of unbranched alkanes of at least 4 members (excludes halogenated alkanes) is 9. The van der Waals surface area contributed by atoms with Gasteiger partial charge in [-0.1, -0.05) is 83.8 Å². The average Bonchev–Trinajstić information content (AvgIpc) is 2.42. The quantitative estimate of drug-likeness (QED) is 0.281. The Morgan fingerprint density at radius 2 is 1.33 bits per heavy atom. The lowest BCUT2D eigenvalue weighted by atomic mass is 9.85. The highest BCUT2D eigenvalue weighted by Crippen LogP contribution is 2.24. The Morgan fingerprint density at radius 3 is 1.90 bits per heavy atom. The van der Waals surface area contributed by atoms with Gasteiger partial charge in [-0.15, -0.1) is 0 Å². The lowest BCUT2D eigenvalue weighted by molar-refractivity contribution is 0.0326. The third kappa shape index (κ3) is 13.1. The van der Waals surface area contributed by atoms with E-state index >= 15 is 0 Å². The van der Waals surface area contributed by atoms with Crippen LogP contribution in [0.3, 0.4) is 0 Å². The molecule has 1 N–H and O–H groups in total. The van der Waals surface area contributed by atoms with E-state index in [0.29, 0.717) is 5.92 Å². The molecular formula is C20H40O. The van der Waals surface area contributed by atoms with Crippen molar-refractivity contribution in [2.45, 2.75) is 110 Å². The molecule has 0 saturated heterocycles. The summed E-state index contributed by atoms with van der Waals surface area (Å²) in [6.45, 7) is 8.41. The fourth-order valence-electron chi connectivity index (χ4n) is 2.78.